The molecule has 0 saturated heterocycles. The highest BCUT2D eigenvalue weighted by Crippen LogP contribution is 2.47. The standard InChI is InChI=1S/C17H27P/c1-2-3-10-15-18(16-11-6-4-7-12-16)17-13-8-5-9-14-17/h4,6-7,11-12,17H,2-3,5,8-10,13-15H2,1H3. The van der Waals surface area contributed by atoms with E-state index in [2.05, 4.69) is 37.3 Å². The van der Waals surface area contributed by atoms with Gasteiger partial charge in [-0.15, -0.1) is 0 Å². The molecule has 1 heteroatoms. The van der Waals surface area contributed by atoms with Gasteiger partial charge in [0.25, 0.3) is 0 Å². The monoisotopic (exact) mass is 262 g/mol. The summed E-state index contributed by atoms with van der Waals surface area (Å²) in [6, 6.07) is 11.4. The molecule has 0 amide bonds. The maximum Gasteiger partial charge on any atom is -0.0169 e. The minimum atomic E-state index is 0.114. The highest BCUT2D eigenvalue weighted by atomic mass is 31.1. The van der Waals surface area contributed by atoms with Crippen LogP contribution in [0.25, 0.3) is 0 Å². The van der Waals surface area contributed by atoms with Crippen LogP contribution in [0.15, 0.2) is 30.3 Å². The van der Waals surface area contributed by atoms with Gasteiger partial charge in [-0.2, -0.15) is 0 Å². The van der Waals surface area contributed by atoms with Crippen LogP contribution in [-0.2, 0) is 0 Å². The van der Waals surface area contributed by atoms with Gasteiger partial charge in [0.05, 0.1) is 0 Å². The van der Waals surface area contributed by atoms with Gasteiger partial charge in [0.15, 0.2) is 0 Å². The first-order valence-corrected chi connectivity index (χ1v) is 9.33. The van der Waals surface area contributed by atoms with Crippen molar-refractivity contribution in [1.82, 2.24) is 0 Å². The SMILES string of the molecule is CCCCCP(c1ccccc1)C1CCCCC1. The summed E-state index contributed by atoms with van der Waals surface area (Å²) in [4.78, 5) is 0. The van der Waals surface area contributed by atoms with Crippen LogP contribution >= 0.6 is 7.92 Å². The number of hydrogen-bond acceptors (Lipinski definition) is 0. The molecule has 0 radical (unpaired) electrons. The highest BCUT2D eigenvalue weighted by Gasteiger charge is 2.23. The van der Waals surface area contributed by atoms with Crippen molar-refractivity contribution in [2.75, 3.05) is 6.16 Å². The zero-order valence-corrected chi connectivity index (χ0v) is 12.7. The Kier molecular flexibility index (Phi) is 6.21. The Hall–Kier alpha value is -0.350. The van der Waals surface area contributed by atoms with E-state index in [9.17, 15) is 0 Å². The molecule has 0 N–H and O–H groups in total. The van der Waals surface area contributed by atoms with Crippen LogP contribution in [-0.4, -0.2) is 11.8 Å². The van der Waals surface area contributed by atoms with Gasteiger partial charge in [0.1, 0.15) is 0 Å². The minimum Gasteiger partial charge on any atom is -0.0721 e. The summed E-state index contributed by atoms with van der Waals surface area (Å²) in [5.74, 6) is 0. The first-order chi connectivity index (χ1) is 8.92. The normalized spacial score (nSPS) is 18.7. The molecule has 1 fully saturated rings. The minimum absolute atomic E-state index is 0.114. The van der Waals surface area contributed by atoms with Crippen molar-refractivity contribution >= 4 is 13.2 Å². The molecule has 2 rings (SSSR count). The third kappa shape index (κ3) is 4.09. The topological polar surface area (TPSA) is 0 Å². The van der Waals surface area contributed by atoms with Crippen LogP contribution < -0.4 is 5.30 Å². The molecule has 100 valence electrons. The van der Waals surface area contributed by atoms with E-state index in [0.717, 1.165) is 5.66 Å². The van der Waals surface area contributed by atoms with Gasteiger partial charge in [-0.3, -0.25) is 0 Å². The van der Waals surface area contributed by atoms with Gasteiger partial charge < -0.3 is 0 Å². The maximum absolute atomic E-state index is 2.38. The van der Waals surface area contributed by atoms with Crippen LogP contribution in [0.1, 0.15) is 58.3 Å². The van der Waals surface area contributed by atoms with E-state index in [-0.39, 0.29) is 7.92 Å². The molecular formula is C17H27P. The Morgan fingerprint density at radius 2 is 1.72 bits per heavy atom. The maximum atomic E-state index is 2.38. The van der Waals surface area contributed by atoms with E-state index in [1.165, 1.54) is 57.5 Å². The molecule has 1 aromatic carbocycles. The fraction of sp³-hybridized carbons (Fsp3) is 0.647. The molecule has 0 aromatic heterocycles. The summed E-state index contributed by atoms with van der Waals surface area (Å²) in [7, 11) is 0.114. The predicted octanol–water partition coefficient (Wildman–Crippen LogP) is 5.32. The smallest absolute Gasteiger partial charge is 0.0169 e. The lowest BCUT2D eigenvalue weighted by molar-refractivity contribution is 0.511. The quantitative estimate of drug-likeness (QED) is 0.481. The summed E-state index contributed by atoms with van der Waals surface area (Å²) in [6.45, 7) is 2.31. The summed E-state index contributed by atoms with van der Waals surface area (Å²) >= 11 is 0. The molecule has 1 atom stereocenters. The van der Waals surface area contributed by atoms with Crippen LogP contribution in [0.4, 0.5) is 0 Å². The van der Waals surface area contributed by atoms with Crippen molar-refractivity contribution in [1.29, 1.82) is 0 Å². The van der Waals surface area contributed by atoms with Gasteiger partial charge in [-0.25, -0.2) is 0 Å². The largest absolute Gasteiger partial charge is 0.0721 e. The number of rotatable bonds is 6. The zero-order valence-electron chi connectivity index (χ0n) is 11.8. The van der Waals surface area contributed by atoms with Crippen molar-refractivity contribution in [3.63, 3.8) is 0 Å². The summed E-state index contributed by atoms with van der Waals surface area (Å²) < 4.78 is 0. The second kappa shape index (κ2) is 7.95. The molecule has 1 aromatic rings. The Labute approximate surface area is 114 Å². The molecule has 0 aliphatic heterocycles. The summed E-state index contributed by atoms with van der Waals surface area (Å²) in [5, 5.41) is 1.66. The van der Waals surface area contributed by atoms with Crippen molar-refractivity contribution in [3.8, 4) is 0 Å². The third-order valence-electron chi connectivity index (χ3n) is 4.11. The molecule has 1 aliphatic rings. The lowest BCUT2D eigenvalue weighted by Gasteiger charge is -2.31. The average molecular weight is 262 g/mol. The second-order valence-corrected chi connectivity index (χ2v) is 8.16. The molecule has 18 heavy (non-hydrogen) atoms. The third-order valence-corrected chi connectivity index (χ3v) is 7.26. The van der Waals surface area contributed by atoms with Gasteiger partial charge in [0.2, 0.25) is 0 Å². The zero-order chi connectivity index (χ0) is 12.6. The summed E-state index contributed by atoms with van der Waals surface area (Å²) in [5.41, 5.74) is 1.02. The van der Waals surface area contributed by atoms with Crippen molar-refractivity contribution in [2.45, 2.75) is 63.9 Å². The molecule has 0 spiro atoms. The van der Waals surface area contributed by atoms with Crippen molar-refractivity contribution in [3.05, 3.63) is 30.3 Å². The molecule has 0 bridgehead atoms. The Bertz CT molecular complexity index is 314. The van der Waals surface area contributed by atoms with Crippen molar-refractivity contribution in [2.24, 2.45) is 0 Å². The Balaban J connectivity index is 2.01. The predicted molar refractivity (Wildman–Crippen MR) is 84.3 cm³/mol. The van der Waals surface area contributed by atoms with Crippen LogP contribution in [0.3, 0.4) is 0 Å². The molecule has 0 nitrogen and oxygen atoms in total. The average Bonchev–Trinajstić information content (AvgIpc) is 2.46. The molecule has 1 aliphatic carbocycles. The van der Waals surface area contributed by atoms with Crippen LogP contribution in [0.2, 0.25) is 0 Å². The number of unbranched alkanes of at least 4 members (excludes halogenated alkanes) is 2. The molecule has 1 saturated carbocycles. The second-order valence-electron chi connectivity index (χ2n) is 5.53. The fourth-order valence-electron chi connectivity index (χ4n) is 3.07. The van der Waals surface area contributed by atoms with Crippen LogP contribution in [0.5, 0.6) is 0 Å². The lowest BCUT2D eigenvalue weighted by Crippen LogP contribution is -2.18. The van der Waals surface area contributed by atoms with E-state index >= 15 is 0 Å². The lowest BCUT2D eigenvalue weighted by atomic mass is 10.0. The number of benzene rings is 1. The van der Waals surface area contributed by atoms with E-state index in [4.69, 9.17) is 0 Å². The van der Waals surface area contributed by atoms with Gasteiger partial charge in [-0.05, 0) is 36.4 Å². The molecule has 0 heterocycles. The van der Waals surface area contributed by atoms with Gasteiger partial charge in [0, 0.05) is 0 Å². The Morgan fingerprint density at radius 1 is 1.00 bits per heavy atom. The fourth-order valence-corrected chi connectivity index (χ4v) is 6.22. The van der Waals surface area contributed by atoms with E-state index in [1.807, 2.05) is 0 Å². The first-order valence-electron chi connectivity index (χ1n) is 7.73. The first kappa shape index (κ1) is 14.1. The summed E-state index contributed by atoms with van der Waals surface area (Å²) in [6.07, 6.45) is 13.1. The molecular weight excluding hydrogens is 235 g/mol. The Morgan fingerprint density at radius 3 is 2.39 bits per heavy atom. The van der Waals surface area contributed by atoms with Crippen molar-refractivity contribution < 1.29 is 0 Å². The number of hydrogen-bond donors (Lipinski definition) is 0. The molecule has 1 unspecified atom stereocenters. The highest BCUT2D eigenvalue weighted by molar-refractivity contribution is 7.66. The van der Waals surface area contributed by atoms with E-state index in [0.29, 0.717) is 0 Å². The van der Waals surface area contributed by atoms with Gasteiger partial charge in [-0.1, -0.05) is 77.3 Å². The van der Waals surface area contributed by atoms with Gasteiger partial charge >= 0.3 is 0 Å². The van der Waals surface area contributed by atoms with E-state index < -0.39 is 0 Å². The van der Waals surface area contributed by atoms with Crippen LogP contribution in [0, 0.1) is 0 Å². The van der Waals surface area contributed by atoms with E-state index in [1.54, 1.807) is 5.30 Å².